The number of piperidine rings is 1. The number of nitrogens with zero attached hydrogens (tertiary/aromatic N) is 4. The quantitative estimate of drug-likeness (QED) is 0.582. The largest absolute Gasteiger partial charge is 0.392 e. The van der Waals surface area contributed by atoms with E-state index in [1.165, 1.54) is 16.7 Å². The molecule has 9 heteroatoms. The lowest BCUT2D eigenvalue weighted by molar-refractivity contribution is -0.136. The third-order valence-corrected chi connectivity index (χ3v) is 7.42. The molecule has 2 rings (SSSR count). The van der Waals surface area contributed by atoms with Crippen LogP contribution in [0.1, 0.15) is 39.5 Å². The number of nitriles is 1. The Labute approximate surface area is 203 Å². The summed E-state index contributed by atoms with van der Waals surface area (Å²) in [7, 11) is 3.89. The summed E-state index contributed by atoms with van der Waals surface area (Å²) in [6.45, 7) is 11.3. The van der Waals surface area contributed by atoms with Crippen LogP contribution in [0.25, 0.3) is 0 Å². The molecule has 0 bridgehead atoms. The highest BCUT2D eigenvalue weighted by molar-refractivity contribution is 8.03. The minimum atomic E-state index is -0.328. The molecular weight excluding hydrogens is 436 g/mol. The lowest BCUT2D eigenvalue weighted by Gasteiger charge is -2.45. The van der Waals surface area contributed by atoms with Crippen LogP contribution in [-0.4, -0.2) is 85.3 Å². The Morgan fingerprint density at radius 3 is 2.70 bits per heavy atom. The Hall–Kier alpha value is -2.02. The molecule has 3 amide bonds. The van der Waals surface area contributed by atoms with Gasteiger partial charge in [0.15, 0.2) is 0 Å². The van der Waals surface area contributed by atoms with Crippen LogP contribution in [0.5, 0.6) is 0 Å². The summed E-state index contributed by atoms with van der Waals surface area (Å²) in [5.74, 6) is 0.650. The van der Waals surface area contributed by atoms with Gasteiger partial charge in [-0.05, 0) is 64.7 Å². The van der Waals surface area contributed by atoms with Crippen molar-refractivity contribution in [2.75, 3.05) is 52.6 Å². The lowest BCUT2D eigenvalue weighted by atomic mass is 9.77. The summed E-state index contributed by atoms with van der Waals surface area (Å²) in [4.78, 5) is 32.0. The molecule has 8 nitrogen and oxygen atoms in total. The SMILES string of the molecule is C=C1C[C@H]2C[C@@H](C(=O)N(CC)C(=O)NCCN(C)C)CN(CCC)[C@@H]2CCSC(N)=C1C#N. The van der Waals surface area contributed by atoms with Gasteiger partial charge in [-0.1, -0.05) is 13.5 Å². The molecular formula is C24H40N6O2S. The molecule has 0 aromatic rings. The maximum absolute atomic E-state index is 13.5. The number of hydrogen-bond donors (Lipinski definition) is 2. The van der Waals surface area contributed by atoms with Crippen LogP contribution < -0.4 is 11.1 Å². The van der Waals surface area contributed by atoms with Gasteiger partial charge in [0.25, 0.3) is 0 Å². The van der Waals surface area contributed by atoms with Crippen LogP contribution in [-0.2, 0) is 4.79 Å². The Bertz CT molecular complexity index is 790. The van der Waals surface area contributed by atoms with Crippen molar-refractivity contribution in [3.63, 3.8) is 0 Å². The van der Waals surface area contributed by atoms with Crippen molar-refractivity contribution < 1.29 is 9.59 Å². The highest BCUT2D eigenvalue weighted by atomic mass is 32.2. The van der Waals surface area contributed by atoms with Crippen LogP contribution in [0.4, 0.5) is 4.79 Å². The van der Waals surface area contributed by atoms with E-state index in [2.05, 4.69) is 29.8 Å². The molecule has 1 saturated heterocycles. The van der Waals surface area contributed by atoms with Crippen molar-refractivity contribution in [3.05, 3.63) is 22.8 Å². The maximum Gasteiger partial charge on any atom is 0.324 e. The average molecular weight is 477 g/mol. The van der Waals surface area contributed by atoms with Crippen LogP contribution >= 0.6 is 11.8 Å². The van der Waals surface area contributed by atoms with E-state index < -0.39 is 0 Å². The zero-order valence-electron chi connectivity index (χ0n) is 20.6. The standard InChI is InChI=1S/C24H40N6O2S/c1-6-10-29-16-19(23(31)30(7-2)24(32)27-9-11-28(4)5)14-18-13-17(3)20(15-25)22(26)33-12-8-21(18)29/h18-19,21H,3,6-14,16,26H2,1-2,4-5H3,(H,27,32)/t18-,19+,21+/m0/s1. The molecule has 0 spiro atoms. The first kappa shape index (κ1) is 27.2. The van der Waals surface area contributed by atoms with E-state index in [-0.39, 0.29) is 23.8 Å². The van der Waals surface area contributed by atoms with Gasteiger partial charge in [0.1, 0.15) is 6.07 Å². The van der Waals surface area contributed by atoms with Crippen molar-refractivity contribution in [3.8, 4) is 6.07 Å². The van der Waals surface area contributed by atoms with Gasteiger partial charge in [-0.15, -0.1) is 11.8 Å². The number of nitrogens with one attached hydrogen (secondary N) is 1. The van der Waals surface area contributed by atoms with Crippen molar-refractivity contribution in [2.24, 2.45) is 17.6 Å². The molecule has 33 heavy (non-hydrogen) atoms. The van der Waals surface area contributed by atoms with E-state index in [9.17, 15) is 14.9 Å². The fourth-order valence-electron chi connectivity index (χ4n) is 4.87. The molecule has 2 aliphatic heterocycles. The van der Waals surface area contributed by atoms with Crippen LogP contribution in [0.3, 0.4) is 0 Å². The molecule has 0 saturated carbocycles. The van der Waals surface area contributed by atoms with E-state index >= 15 is 0 Å². The predicted molar refractivity (Wildman–Crippen MR) is 134 cm³/mol. The van der Waals surface area contributed by atoms with E-state index in [4.69, 9.17) is 5.73 Å². The molecule has 3 atom stereocenters. The molecule has 0 radical (unpaired) electrons. The second-order valence-electron chi connectivity index (χ2n) is 9.17. The van der Waals surface area contributed by atoms with Gasteiger partial charge in [-0.25, -0.2) is 4.79 Å². The van der Waals surface area contributed by atoms with Gasteiger partial charge in [-0.2, -0.15) is 5.26 Å². The molecule has 3 N–H and O–H groups in total. The molecule has 2 heterocycles. The second-order valence-corrected chi connectivity index (χ2v) is 10.3. The summed E-state index contributed by atoms with van der Waals surface area (Å²) in [6.07, 6.45) is 3.27. The van der Waals surface area contributed by atoms with Gasteiger partial charge in [0.2, 0.25) is 5.91 Å². The first-order chi connectivity index (χ1) is 15.7. The van der Waals surface area contributed by atoms with Gasteiger partial charge in [-0.3, -0.25) is 14.6 Å². The average Bonchev–Trinajstić information content (AvgIpc) is 2.81. The van der Waals surface area contributed by atoms with Gasteiger partial charge in [0.05, 0.1) is 16.5 Å². The fraction of sp³-hybridized carbons (Fsp3) is 0.708. The zero-order chi connectivity index (χ0) is 24.5. The smallest absolute Gasteiger partial charge is 0.324 e. The molecule has 0 aromatic carbocycles. The summed E-state index contributed by atoms with van der Waals surface area (Å²) in [5, 5.41) is 13.0. The normalized spacial score (nSPS) is 24.4. The maximum atomic E-state index is 13.5. The number of carbonyl (C=O) groups excluding carboxylic acids is 2. The van der Waals surface area contributed by atoms with E-state index in [0.29, 0.717) is 55.7 Å². The minimum absolute atomic E-state index is 0.116. The molecule has 0 unspecified atom stereocenters. The molecule has 2 aliphatic rings. The monoisotopic (exact) mass is 476 g/mol. The minimum Gasteiger partial charge on any atom is -0.392 e. The first-order valence-corrected chi connectivity index (χ1v) is 12.9. The van der Waals surface area contributed by atoms with Gasteiger partial charge < -0.3 is 16.0 Å². The lowest BCUT2D eigenvalue weighted by Crippen LogP contribution is -2.55. The number of likely N-dealkylation sites (tertiary alicyclic amines) is 1. The van der Waals surface area contributed by atoms with E-state index in [0.717, 1.165) is 30.7 Å². The van der Waals surface area contributed by atoms with Crippen molar-refractivity contribution in [1.82, 2.24) is 20.0 Å². The van der Waals surface area contributed by atoms with Gasteiger partial charge >= 0.3 is 6.03 Å². The summed E-state index contributed by atoms with van der Waals surface area (Å²) in [6, 6.07) is 2.21. The number of urea groups is 1. The summed E-state index contributed by atoms with van der Waals surface area (Å²) < 4.78 is 0. The predicted octanol–water partition coefficient (Wildman–Crippen LogP) is 2.60. The number of nitrogens with two attached hydrogens (primary N) is 1. The third kappa shape index (κ3) is 7.23. The third-order valence-electron chi connectivity index (χ3n) is 6.47. The Kier molecular flexibility index (Phi) is 10.7. The van der Waals surface area contributed by atoms with E-state index in [1.807, 2.05) is 25.9 Å². The molecule has 1 fully saturated rings. The number of imide groups is 1. The van der Waals surface area contributed by atoms with Crippen molar-refractivity contribution in [2.45, 2.75) is 45.6 Å². The topological polar surface area (TPSA) is 106 Å². The zero-order valence-corrected chi connectivity index (χ0v) is 21.4. The van der Waals surface area contributed by atoms with Crippen LogP contribution in [0.15, 0.2) is 22.8 Å². The van der Waals surface area contributed by atoms with Crippen molar-refractivity contribution in [1.29, 1.82) is 5.26 Å². The molecule has 0 aliphatic carbocycles. The number of thioether (sulfide) groups is 1. The first-order valence-electron chi connectivity index (χ1n) is 11.9. The highest BCUT2D eigenvalue weighted by Crippen LogP contribution is 2.38. The van der Waals surface area contributed by atoms with Gasteiger partial charge in [0, 0.05) is 38.0 Å². The number of carbonyl (C=O) groups is 2. The number of fused-ring (bicyclic) bond motifs is 1. The number of rotatable bonds is 7. The number of likely N-dealkylation sites (N-methyl/N-ethyl adjacent to an activating group) is 1. The fourth-order valence-corrected chi connectivity index (χ4v) is 5.78. The van der Waals surface area contributed by atoms with Crippen LogP contribution in [0, 0.1) is 23.2 Å². The molecule has 184 valence electrons. The highest BCUT2D eigenvalue weighted by Gasteiger charge is 2.41. The Morgan fingerprint density at radius 2 is 2.09 bits per heavy atom. The second kappa shape index (κ2) is 13.0. The Balaban J connectivity index is 2.21. The summed E-state index contributed by atoms with van der Waals surface area (Å²) in [5.41, 5.74) is 7.39. The number of amides is 3. The van der Waals surface area contributed by atoms with E-state index in [1.54, 1.807) is 0 Å². The Morgan fingerprint density at radius 1 is 1.36 bits per heavy atom. The summed E-state index contributed by atoms with van der Waals surface area (Å²) >= 11 is 1.52. The van der Waals surface area contributed by atoms with Crippen molar-refractivity contribution >= 4 is 23.7 Å². The number of hydrogen-bond acceptors (Lipinski definition) is 7. The number of allylic oxidation sites excluding steroid dienone is 2. The van der Waals surface area contributed by atoms with Crippen LogP contribution in [0.2, 0.25) is 0 Å². The molecule has 0 aromatic heterocycles.